The normalized spacial score (nSPS) is 18.1. The standard InChI is InChI=1S/C12H20N4O/c1-9-8-14-12(13-2)15-11(9)17-10-4-6-16(3)7-5-10/h8,10H,4-7H2,1-3H3,(H,13,14,15). The smallest absolute Gasteiger partial charge is 0.225 e. The predicted octanol–water partition coefficient (Wildman–Crippen LogP) is 1.30. The van der Waals surface area contributed by atoms with Gasteiger partial charge in [0.05, 0.1) is 0 Å². The van der Waals surface area contributed by atoms with E-state index in [1.165, 1.54) is 0 Å². The molecule has 2 heterocycles. The summed E-state index contributed by atoms with van der Waals surface area (Å²) in [6, 6.07) is 0. The van der Waals surface area contributed by atoms with Crippen LogP contribution in [0.5, 0.6) is 5.88 Å². The number of aromatic nitrogens is 2. The van der Waals surface area contributed by atoms with Crippen LogP contribution in [0.2, 0.25) is 0 Å². The number of hydrogen-bond acceptors (Lipinski definition) is 5. The van der Waals surface area contributed by atoms with Gasteiger partial charge in [0.2, 0.25) is 11.8 Å². The SMILES string of the molecule is CNc1ncc(C)c(OC2CCN(C)CC2)n1. The van der Waals surface area contributed by atoms with Crippen LogP contribution in [0.25, 0.3) is 0 Å². The molecule has 0 unspecified atom stereocenters. The summed E-state index contributed by atoms with van der Waals surface area (Å²) in [4.78, 5) is 10.8. The van der Waals surface area contributed by atoms with Gasteiger partial charge in [-0.25, -0.2) is 4.98 Å². The van der Waals surface area contributed by atoms with E-state index in [9.17, 15) is 0 Å². The van der Waals surface area contributed by atoms with Gasteiger partial charge in [-0.2, -0.15) is 4.98 Å². The first kappa shape index (κ1) is 12.1. The van der Waals surface area contributed by atoms with Crippen LogP contribution in [0.3, 0.4) is 0 Å². The lowest BCUT2D eigenvalue weighted by atomic mass is 10.1. The number of nitrogens with one attached hydrogen (secondary N) is 1. The zero-order valence-corrected chi connectivity index (χ0v) is 10.7. The summed E-state index contributed by atoms with van der Waals surface area (Å²) in [7, 11) is 3.95. The number of piperidine rings is 1. The molecule has 0 aliphatic carbocycles. The van der Waals surface area contributed by atoms with E-state index in [1.54, 1.807) is 6.20 Å². The molecule has 1 aromatic heterocycles. The molecule has 0 amide bonds. The largest absolute Gasteiger partial charge is 0.474 e. The average Bonchev–Trinajstić information content (AvgIpc) is 2.35. The van der Waals surface area contributed by atoms with Crippen molar-refractivity contribution in [1.82, 2.24) is 14.9 Å². The minimum atomic E-state index is 0.282. The van der Waals surface area contributed by atoms with Crippen molar-refractivity contribution in [2.75, 3.05) is 32.5 Å². The Kier molecular flexibility index (Phi) is 3.78. The van der Waals surface area contributed by atoms with Gasteiger partial charge < -0.3 is 15.0 Å². The number of hydrogen-bond donors (Lipinski definition) is 1. The maximum atomic E-state index is 5.96. The zero-order valence-electron chi connectivity index (χ0n) is 10.7. The summed E-state index contributed by atoms with van der Waals surface area (Å²) in [6.45, 7) is 4.16. The van der Waals surface area contributed by atoms with Gasteiger partial charge in [-0.1, -0.05) is 0 Å². The van der Waals surface area contributed by atoms with Gasteiger partial charge in [0.15, 0.2) is 0 Å². The molecule has 0 aromatic carbocycles. The second-order valence-corrected chi connectivity index (χ2v) is 4.55. The van der Waals surface area contributed by atoms with E-state index in [-0.39, 0.29) is 6.10 Å². The molecule has 1 aromatic rings. The molecule has 0 radical (unpaired) electrons. The average molecular weight is 236 g/mol. The first-order valence-electron chi connectivity index (χ1n) is 6.05. The third-order valence-corrected chi connectivity index (χ3v) is 3.09. The van der Waals surface area contributed by atoms with Crippen LogP contribution in [0.4, 0.5) is 5.95 Å². The third kappa shape index (κ3) is 3.06. The molecule has 5 nitrogen and oxygen atoms in total. The highest BCUT2D eigenvalue weighted by molar-refractivity contribution is 5.31. The molecule has 1 fully saturated rings. The molecule has 1 aliphatic heterocycles. The second-order valence-electron chi connectivity index (χ2n) is 4.55. The molecule has 5 heteroatoms. The van der Waals surface area contributed by atoms with Crippen molar-refractivity contribution in [3.05, 3.63) is 11.8 Å². The summed E-state index contributed by atoms with van der Waals surface area (Å²) >= 11 is 0. The van der Waals surface area contributed by atoms with Crippen molar-refractivity contribution in [2.24, 2.45) is 0 Å². The van der Waals surface area contributed by atoms with E-state index in [0.717, 1.165) is 31.5 Å². The van der Waals surface area contributed by atoms with Crippen LogP contribution in [0.15, 0.2) is 6.20 Å². The van der Waals surface area contributed by atoms with E-state index in [0.29, 0.717) is 11.8 Å². The van der Waals surface area contributed by atoms with Gasteiger partial charge in [-0.15, -0.1) is 0 Å². The molecule has 1 N–H and O–H groups in total. The van der Waals surface area contributed by atoms with Crippen LogP contribution in [0.1, 0.15) is 18.4 Å². The van der Waals surface area contributed by atoms with Gasteiger partial charge >= 0.3 is 0 Å². The molecular weight excluding hydrogens is 216 g/mol. The Morgan fingerprint density at radius 3 is 2.76 bits per heavy atom. The molecule has 1 saturated heterocycles. The van der Waals surface area contributed by atoms with Crippen LogP contribution in [0, 0.1) is 6.92 Å². The van der Waals surface area contributed by atoms with E-state index >= 15 is 0 Å². The van der Waals surface area contributed by atoms with Crippen molar-refractivity contribution in [1.29, 1.82) is 0 Å². The maximum absolute atomic E-state index is 5.96. The summed E-state index contributed by atoms with van der Waals surface area (Å²) in [6.07, 6.45) is 4.21. The first-order valence-corrected chi connectivity index (χ1v) is 6.05. The number of ether oxygens (including phenoxy) is 1. The van der Waals surface area contributed by atoms with Crippen LogP contribution in [-0.4, -0.2) is 48.2 Å². The lowest BCUT2D eigenvalue weighted by Crippen LogP contribution is -2.35. The van der Waals surface area contributed by atoms with Crippen molar-refractivity contribution >= 4 is 5.95 Å². The van der Waals surface area contributed by atoms with Crippen LogP contribution in [-0.2, 0) is 0 Å². The fraction of sp³-hybridized carbons (Fsp3) is 0.667. The predicted molar refractivity (Wildman–Crippen MR) is 67.5 cm³/mol. The Hall–Kier alpha value is -1.36. The molecular formula is C12H20N4O. The highest BCUT2D eigenvalue weighted by atomic mass is 16.5. The Morgan fingerprint density at radius 1 is 1.41 bits per heavy atom. The minimum Gasteiger partial charge on any atom is -0.474 e. The number of anilines is 1. The lowest BCUT2D eigenvalue weighted by molar-refractivity contribution is 0.109. The van der Waals surface area contributed by atoms with E-state index < -0.39 is 0 Å². The monoisotopic (exact) mass is 236 g/mol. The lowest BCUT2D eigenvalue weighted by Gasteiger charge is -2.29. The number of aryl methyl sites for hydroxylation is 1. The number of rotatable bonds is 3. The molecule has 17 heavy (non-hydrogen) atoms. The highest BCUT2D eigenvalue weighted by Crippen LogP contribution is 2.20. The molecule has 0 atom stereocenters. The Bertz CT molecular complexity index is 375. The molecule has 94 valence electrons. The summed E-state index contributed by atoms with van der Waals surface area (Å²) in [5.74, 6) is 1.32. The Labute approximate surface area is 102 Å². The summed E-state index contributed by atoms with van der Waals surface area (Å²) < 4.78 is 5.96. The summed E-state index contributed by atoms with van der Waals surface area (Å²) in [5.41, 5.74) is 0.989. The van der Waals surface area contributed by atoms with Gasteiger partial charge in [-0.3, -0.25) is 0 Å². The van der Waals surface area contributed by atoms with E-state index in [1.807, 2.05) is 14.0 Å². The fourth-order valence-corrected chi connectivity index (χ4v) is 1.93. The van der Waals surface area contributed by atoms with Crippen LogP contribution < -0.4 is 10.1 Å². The van der Waals surface area contributed by atoms with Crippen molar-refractivity contribution < 1.29 is 4.74 Å². The van der Waals surface area contributed by atoms with Crippen molar-refractivity contribution in [3.8, 4) is 5.88 Å². The molecule has 1 aliphatic rings. The zero-order chi connectivity index (χ0) is 12.3. The third-order valence-electron chi connectivity index (χ3n) is 3.09. The van der Waals surface area contributed by atoms with Gasteiger partial charge in [0, 0.05) is 31.9 Å². The maximum Gasteiger partial charge on any atom is 0.225 e. The molecule has 0 saturated carbocycles. The quantitative estimate of drug-likeness (QED) is 0.857. The first-order chi connectivity index (χ1) is 8.19. The fourth-order valence-electron chi connectivity index (χ4n) is 1.93. The summed E-state index contributed by atoms with van der Waals surface area (Å²) in [5, 5.41) is 2.93. The van der Waals surface area contributed by atoms with Crippen molar-refractivity contribution in [2.45, 2.75) is 25.9 Å². The Balaban J connectivity index is 2.02. The molecule has 0 bridgehead atoms. The minimum absolute atomic E-state index is 0.282. The highest BCUT2D eigenvalue weighted by Gasteiger charge is 2.19. The number of likely N-dealkylation sites (tertiary alicyclic amines) is 1. The van der Waals surface area contributed by atoms with Crippen molar-refractivity contribution in [3.63, 3.8) is 0 Å². The number of nitrogens with zero attached hydrogens (tertiary/aromatic N) is 3. The van der Waals surface area contributed by atoms with Crippen LogP contribution >= 0.6 is 0 Å². The topological polar surface area (TPSA) is 50.3 Å². The van der Waals surface area contributed by atoms with Gasteiger partial charge in [0.25, 0.3) is 0 Å². The molecule has 0 spiro atoms. The van der Waals surface area contributed by atoms with E-state index in [2.05, 4.69) is 27.2 Å². The Morgan fingerprint density at radius 2 is 2.12 bits per heavy atom. The second kappa shape index (κ2) is 5.31. The van der Waals surface area contributed by atoms with Gasteiger partial charge in [-0.05, 0) is 26.8 Å². The molecule has 2 rings (SSSR count). The van der Waals surface area contributed by atoms with Gasteiger partial charge in [0.1, 0.15) is 6.10 Å². The van der Waals surface area contributed by atoms with E-state index in [4.69, 9.17) is 4.74 Å².